The van der Waals surface area contributed by atoms with Crippen molar-refractivity contribution in [1.82, 2.24) is 4.90 Å². The van der Waals surface area contributed by atoms with E-state index in [1.165, 1.54) is 0 Å². The summed E-state index contributed by atoms with van der Waals surface area (Å²) in [5.74, 6) is 0. The average Bonchev–Trinajstić information content (AvgIpc) is 2.36. The lowest BCUT2D eigenvalue weighted by atomic mass is 9.98. The number of anilines is 1. The fourth-order valence-corrected chi connectivity index (χ4v) is 2.56. The molecule has 0 saturated carbocycles. The topological polar surface area (TPSA) is 58.4 Å². The highest BCUT2D eigenvalue weighted by atomic mass is 16.6. The van der Waals surface area contributed by atoms with E-state index in [-0.39, 0.29) is 10.6 Å². The Labute approximate surface area is 113 Å². The van der Waals surface area contributed by atoms with Gasteiger partial charge >= 0.3 is 0 Å². The number of nitrogens with one attached hydrogen (secondary N) is 1. The molecular formula is C14H21N3O2. The fraction of sp³-hybridized carbons (Fsp3) is 0.571. The van der Waals surface area contributed by atoms with Gasteiger partial charge in [0.2, 0.25) is 0 Å². The maximum Gasteiger partial charge on any atom is 0.269 e. The zero-order chi connectivity index (χ0) is 14.0. The molecule has 2 rings (SSSR count). The summed E-state index contributed by atoms with van der Waals surface area (Å²) in [5, 5.41) is 14.2. The average molecular weight is 263 g/mol. The predicted molar refractivity (Wildman–Crippen MR) is 76.6 cm³/mol. The van der Waals surface area contributed by atoms with E-state index in [1.807, 2.05) is 13.0 Å². The number of nitro benzene ring substituents is 1. The third-order valence-corrected chi connectivity index (χ3v) is 3.99. The lowest BCUT2D eigenvalue weighted by Gasteiger charge is -2.36. The van der Waals surface area contributed by atoms with Crippen LogP contribution in [0.2, 0.25) is 0 Å². The third-order valence-electron chi connectivity index (χ3n) is 3.99. The van der Waals surface area contributed by atoms with Gasteiger partial charge in [0.05, 0.1) is 4.92 Å². The Morgan fingerprint density at radius 1 is 1.47 bits per heavy atom. The van der Waals surface area contributed by atoms with Crippen molar-refractivity contribution in [3.63, 3.8) is 0 Å². The van der Waals surface area contributed by atoms with Crippen LogP contribution in [0.25, 0.3) is 0 Å². The van der Waals surface area contributed by atoms with Crippen molar-refractivity contribution < 1.29 is 4.92 Å². The van der Waals surface area contributed by atoms with E-state index in [4.69, 9.17) is 0 Å². The smallest absolute Gasteiger partial charge is 0.269 e. The quantitative estimate of drug-likeness (QED) is 0.673. The van der Waals surface area contributed by atoms with Crippen molar-refractivity contribution >= 4 is 11.4 Å². The van der Waals surface area contributed by atoms with Crippen LogP contribution in [0.3, 0.4) is 0 Å². The Balaban J connectivity index is 2.05. The molecule has 1 aromatic rings. The summed E-state index contributed by atoms with van der Waals surface area (Å²) < 4.78 is 0. The second-order valence-electron chi connectivity index (χ2n) is 5.45. The molecule has 0 bridgehead atoms. The lowest BCUT2D eigenvalue weighted by Crippen LogP contribution is -2.42. The lowest BCUT2D eigenvalue weighted by molar-refractivity contribution is -0.384. The highest BCUT2D eigenvalue weighted by Gasteiger charge is 2.23. The second-order valence-corrected chi connectivity index (χ2v) is 5.45. The predicted octanol–water partition coefficient (Wildman–Crippen LogP) is 2.80. The van der Waals surface area contributed by atoms with Crippen molar-refractivity contribution in [3.8, 4) is 0 Å². The zero-order valence-corrected chi connectivity index (χ0v) is 11.7. The summed E-state index contributed by atoms with van der Waals surface area (Å²) in [6.45, 7) is 5.23. The maximum atomic E-state index is 10.7. The number of hydrogen-bond donors (Lipinski definition) is 1. The van der Waals surface area contributed by atoms with Crippen LogP contribution in [0.4, 0.5) is 11.4 Å². The summed E-state index contributed by atoms with van der Waals surface area (Å²) >= 11 is 0. The van der Waals surface area contributed by atoms with Gasteiger partial charge in [-0.15, -0.1) is 0 Å². The number of non-ortho nitro benzene ring substituents is 1. The van der Waals surface area contributed by atoms with Crippen molar-refractivity contribution in [1.29, 1.82) is 0 Å². The second kappa shape index (κ2) is 5.57. The van der Waals surface area contributed by atoms with Crippen LogP contribution in [-0.2, 0) is 0 Å². The number of benzene rings is 1. The normalized spacial score (nSPS) is 24.2. The number of likely N-dealkylation sites (tertiary alicyclic amines) is 1. The first kappa shape index (κ1) is 13.8. The van der Waals surface area contributed by atoms with Crippen molar-refractivity contribution in [2.45, 2.75) is 38.8 Å². The molecular weight excluding hydrogens is 242 g/mol. The first-order valence-electron chi connectivity index (χ1n) is 6.69. The van der Waals surface area contributed by atoms with Crippen LogP contribution in [-0.4, -0.2) is 35.5 Å². The molecule has 2 atom stereocenters. The molecule has 0 amide bonds. The van der Waals surface area contributed by atoms with E-state index >= 15 is 0 Å². The van der Waals surface area contributed by atoms with Gasteiger partial charge in [0.15, 0.2) is 0 Å². The Hall–Kier alpha value is -1.62. The summed E-state index contributed by atoms with van der Waals surface area (Å²) in [7, 11) is 2.15. The molecule has 0 radical (unpaired) electrons. The molecule has 1 heterocycles. The van der Waals surface area contributed by atoms with Crippen LogP contribution in [0.5, 0.6) is 0 Å². The monoisotopic (exact) mass is 263 g/mol. The highest BCUT2D eigenvalue weighted by Crippen LogP contribution is 2.25. The van der Waals surface area contributed by atoms with Crippen molar-refractivity contribution in [3.05, 3.63) is 33.9 Å². The van der Waals surface area contributed by atoms with Crippen LogP contribution in [0.1, 0.15) is 25.3 Å². The molecule has 0 aromatic heterocycles. The molecule has 1 aromatic carbocycles. The SMILES string of the molecule is Cc1cc([N+](=O)[O-])ccc1NC1CCN(C)C(C)C1. The minimum Gasteiger partial charge on any atom is -0.382 e. The van der Waals surface area contributed by atoms with Crippen LogP contribution in [0, 0.1) is 17.0 Å². The number of hydrogen-bond acceptors (Lipinski definition) is 4. The van der Waals surface area contributed by atoms with Gasteiger partial charge in [-0.1, -0.05) is 0 Å². The molecule has 19 heavy (non-hydrogen) atoms. The molecule has 1 aliphatic rings. The molecule has 2 unspecified atom stereocenters. The van der Waals surface area contributed by atoms with E-state index in [1.54, 1.807) is 12.1 Å². The largest absolute Gasteiger partial charge is 0.382 e. The highest BCUT2D eigenvalue weighted by molar-refractivity contribution is 5.55. The molecule has 5 heteroatoms. The van der Waals surface area contributed by atoms with Crippen molar-refractivity contribution in [2.75, 3.05) is 18.9 Å². The molecule has 1 N–H and O–H groups in total. The molecule has 0 aliphatic carbocycles. The maximum absolute atomic E-state index is 10.7. The van der Waals surface area contributed by atoms with Crippen LogP contribution in [0.15, 0.2) is 18.2 Å². The minimum absolute atomic E-state index is 0.153. The molecule has 1 fully saturated rings. The van der Waals surface area contributed by atoms with Gasteiger partial charge in [0.25, 0.3) is 5.69 Å². The van der Waals surface area contributed by atoms with Gasteiger partial charge in [0.1, 0.15) is 0 Å². The molecule has 0 spiro atoms. The van der Waals surface area contributed by atoms with Gasteiger partial charge in [0, 0.05) is 36.4 Å². The van der Waals surface area contributed by atoms with Crippen LogP contribution < -0.4 is 5.32 Å². The van der Waals surface area contributed by atoms with E-state index < -0.39 is 0 Å². The number of piperidine rings is 1. The van der Waals surface area contributed by atoms with Gasteiger partial charge < -0.3 is 10.2 Å². The van der Waals surface area contributed by atoms with Gasteiger partial charge in [-0.25, -0.2) is 0 Å². The number of aryl methyl sites for hydroxylation is 1. The molecule has 1 saturated heterocycles. The van der Waals surface area contributed by atoms with E-state index in [0.717, 1.165) is 30.6 Å². The summed E-state index contributed by atoms with van der Waals surface area (Å²) in [5.41, 5.74) is 2.09. The van der Waals surface area contributed by atoms with Gasteiger partial charge in [-0.2, -0.15) is 0 Å². The Bertz CT molecular complexity index is 476. The first-order chi connectivity index (χ1) is 8.97. The summed E-state index contributed by atoms with van der Waals surface area (Å²) in [4.78, 5) is 12.7. The zero-order valence-electron chi connectivity index (χ0n) is 11.7. The standard InChI is InChI=1S/C14H21N3O2/c1-10-8-13(17(18)19)4-5-14(10)15-12-6-7-16(3)11(2)9-12/h4-5,8,11-12,15H,6-7,9H2,1-3H3. The number of nitro groups is 1. The van der Waals surface area contributed by atoms with E-state index in [2.05, 4.69) is 24.2 Å². The Morgan fingerprint density at radius 2 is 2.21 bits per heavy atom. The summed E-state index contributed by atoms with van der Waals surface area (Å²) in [6, 6.07) is 6.03. The van der Waals surface area contributed by atoms with E-state index in [0.29, 0.717) is 12.1 Å². The van der Waals surface area contributed by atoms with Gasteiger partial charge in [-0.05, 0) is 45.4 Å². The minimum atomic E-state index is -0.353. The van der Waals surface area contributed by atoms with Gasteiger partial charge in [-0.3, -0.25) is 10.1 Å². The van der Waals surface area contributed by atoms with Crippen molar-refractivity contribution in [2.24, 2.45) is 0 Å². The van der Waals surface area contributed by atoms with E-state index in [9.17, 15) is 10.1 Å². The first-order valence-corrected chi connectivity index (χ1v) is 6.69. The number of rotatable bonds is 3. The summed E-state index contributed by atoms with van der Waals surface area (Å²) in [6.07, 6.45) is 2.21. The fourth-order valence-electron chi connectivity index (χ4n) is 2.56. The molecule has 5 nitrogen and oxygen atoms in total. The third kappa shape index (κ3) is 3.23. The Morgan fingerprint density at radius 3 is 2.79 bits per heavy atom. The molecule has 1 aliphatic heterocycles. The Kier molecular flexibility index (Phi) is 4.04. The number of nitrogens with zero attached hydrogens (tertiary/aromatic N) is 2. The molecule has 104 valence electrons. The van der Waals surface area contributed by atoms with Crippen LogP contribution >= 0.6 is 0 Å².